The third kappa shape index (κ3) is 2.28. The molecule has 78 valence electrons. The van der Waals surface area contributed by atoms with Gasteiger partial charge in [-0.1, -0.05) is 38.1 Å². The predicted octanol–water partition coefficient (Wildman–Crippen LogP) is 3.40. The van der Waals surface area contributed by atoms with E-state index in [2.05, 4.69) is 38.1 Å². The molecule has 0 aromatic heterocycles. The van der Waals surface area contributed by atoms with Crippen LogP contribution in [0.15, 0.2) is 24.3 Å². The average molecular weight is 212 g/mol. The van der Waals surface area contributed by atoms with Crippen LogP contribution in [-0.4, -0.2) is 0 Å². The van der Waals surface area contributed by atoms with Crippen LogP contribution in [0.4, 0.5) is 0 Å². The van der Waals surface area contributed by atoms with Crippen molar-refractivity contribution in [2.75, 3.05) is 0 Å². The van der Waals surface area contributed by atoms with E-state index in [4.69, 9.17) is 17.3 Å². The molecule has 0 fully saturated rings. The molecule has 0 unspecified atom stereocenters. The van der Waals surface area contributed by atoms with Crippen molar-refractivity contribution in [1.82, 2.24) is 0 Å². The van der Waals surface area contributed by atoms with Gasteiger partial charge in [-0.05, 0) is 24.0 Å². The zero-order valence-electron chi connectivity index (χ0n) is 8.89. The van der Waals surface area contributed by atoms with E-state index in [1.807, 2.05) is 0 Å². The van der Waals surface area contributed by atoms with Gasteiger partial charge in [0, 0.05) is 11.4 Å². The summed E-state index contributed by atoms with van der Waals surface area (Å²) in [6.07, 6.45) is 1.92. The van der Waals surface area contributed by atoms with E-state index < -0.39 is 0 Å². The van der Waals surface area contributed by atoms with Gasteiger partial charge in [-0.25, -0.2) is 0 Å². The Morgan fingerprint density at radius 1 is 1.14 bits per heavy atom. The molecule has 0 saturated heterocycles. The maximum atomic E-state index is 6.28. The van der Waals surface area contributed by atoms with Gasteiger partial charge in [0.15, 0.2) is 0 Å². The molecule has 0 aliphatic rings. The monoisotopic (exact) mass is 211 g/mol. The van der Waals surface area contributed by atoms with Crippen molar-refractivity contribution in [3.05, 3.63) is 35.4 Å². The molecule has 1 aromatic rings. The molecule has 0 heterocycles. The third-order valence-electron chi connectivity index (χ3n) is 2.94. The quantitative estimate of drug-likeness (QED) is 0.760. The van der Waals surface area contributed by atoms with Crippen LogP contribution in [0.3, 0.4) is 0 Å². The van der Waals surface area contributed by atoms with E-state index in [1.165, 1.54) is 5.56 Å². The van der Waals surface area contributed by atoms with Crippen molar-refractivity contribution >= 4 is 11.6 Å². The molecule has 0 spiro atoms. The number of rotatable bonds is 4. The van der Waals surface area contributed by atoms with Gasteiger partial charge in [-0.3, -0.25) is 0 Å². The van der Waals surface area contributed by atoms with Crippen LogP contribution in [-0.2, 0) is 11.4 Å². The summed E-state index contributed by atoms with van der Waals surface area (Å²) in [4.78, 5) is 0. The lowest BCUT2D eigenvalue weighted by atomic mass is 9.85. The molecule has 0 aliphatic carbocycles. The number of halogens is 1. The largest absolute Gasteiger partial charge is 0.321 e. The first-order valence-electron chi connectivity index (χ1n) is 5.10. The Labute approximate surface area is 91.3 Å². The second kappa shape index (κ2) is 4.81. The lowest BCUT2D eigenvalue weighted by Crippen LogP contribution is -2.34. The van der Waals surface area contributed by atoms with E-state index in [0.717, 1.165) is 18.4 Å². The highest BCUT2D eigenvalue weighted by atomic mass is 35.5. The molecular weight excluding hydrogens is 194 g/mol. The van der Waals surface area contributed by atoms with Crippen LogP contribution in [0.25, 0.3) is 0 Å². The smallest absolute Gasteiger partial charge is 0.0474 e. The highest BCUT2D eigenvalue weighted by Gasteiger charge is 2.22. The summed E-state index contributed by atoms with van der Waals surface area (Å²) < 4.78 is 0. The molecule has 0 aliphatic heterocycles. The number of hydrogen-bond donors (Lipinski definition) is 1. The van der Waals surface area contributed by atoms with E-state index in [0.29, 0.717) is 5.88 Å². The molecule has 0 radical (unpaired) electrons. The van der Waals surface area contributed by atoms with Gasteiger partial charge >= 0.3 is 0 Å². The Kier molecular flexibility index (Phi) is 3.97. The topological polar surface area (TPSA) is 26.0 Å². The Morgan fingerprint density at radius 2 is 1.64 bits per heavy atom. The highest BCUT2D eigenvalue weighted by Crippen LogP contribution is 2.25. The summed E-state index contributed by atoms with van der Waals surface area (Å²) in [7, 11) is 0. The summed E-state index contributed by atoms with van der Waals surface area (Å²) in [5.74, 6) is 0.566. The van der Waals surface area contributed by atoms with E-state index in [1.54, 1.807) is 0 Å². The number of nitrogens with two attached hydrogens (primary N) is 1. The Bertz CT molecular complexity index is 275. The highest BCUT2D eigenvalue weighted by molar-refractivity contribution is 6.17. The van der Waals surface area contributed by atoms with Gasteiger partial charge < -0.3 is 5.73 Å². The lowest BCUT2D eigenvalue weighted by molar-refractivity contribution is 0.412. The van der Waals surface area contributed by atoms with Crippen molar-refractivity contribution < 1.29 is 0 Å². The summed E-state index contributed by atoms with van der Waals surface area (Å²) in [6.45, 7) is 4.25. The van der Waals surface area contributed by atoms with E-state index in [-0.39, 0.29) is 5.54 Å². The average Bonchev–Trinajstić information content (AvgIpc) is 2.28. The number of benzene rings is 1. The molecule has 2 heteroatoms. The summed E-state index contributed by atoms with van der Waals surface area (Å²) in [6, 6.07) is 8.28. The van der Waals surface area contributed by atoms with Gasteiger partial charge in [0.2, 0.25) is 0 Å². The van der Waals surface area contributed by atoms with Crippen LogP contribution in [0.2, 0.25) is 0 Å². The Balaban J connectivity index is 2.95. The Morgan fingerprint density at radius 3 is 2.00 bits per heavy atom. The first-order chi connectivity index (χ1) is 6.66. The minimum absolute atomic E-state index is 0.176. The number of alkyl halides is 1. The van der Waals surface area contributed by atoms with Crippen LogP contribution < -0.4 is 5.73 Å². The van der Waals surface area contributed by atoms with Crippen LogP contribution in [0.1, 0.15) is 37.8 Å². The molecule has 0 amide bonds. The lowest BCUT2D eigenvalue weighted by Gasteiger charge is -2.27. The van der Waals surface area contributed by atoms with Gasteiger partial charge in [-0.2, -0.15) is 0 Å². The van der Waals surface area contributed by atoms with E-state index >= 15 is 0 Å². The van der Waals surface area contributed by atoms with Gasteiger partial charge in [0.25, 0.3) is 0 Å². The van der Waals surface area contributed by atoms with Crippen LogP contribution in [0.5, 0.6) is 0 Å². The minimum Gasteiger partial charge on any atom is -0.321 e. The maximum absolute atomic E-state index is 6.28. The van der Waals surface area contributed by atoms with Crippen molar-refractivity contribution in [1.29, 1.82) is 0 Å². The third-order valence-corrected chi connectivity index (χ3v) is 3.25. The fraction of sp³-hybridized carbons (Fsp3) is 0.500. The second-order valence-electron chi connectivity index (χ2n) is 3.69. The SMILES string of the molecule is CCC(N)(CC)c1ccc(CCl)cc1. The number of hydrogen-bond acceptors (Lipinski definition) is 1. The van der Waals surface area contributed by atoms with Crippen molar-refractivity contribution in [2.45, 2.75) is 38.1 Å². The molecule has 0 bridgehead atoms. The van der Waals surface area contributed by atoms with Crippen LogP contribution >= 0.6 is 11.6 Å². The first kappa shape index (κ1) is 11.5. The zero-order chi connectivity index (χ0) is 10.6. The molecule has 1 aromatic carbocycles. The van der Waals surface area contributed by atoms with Gasteiger partial charge in [-0.15, -0.1) is 11.6 Å². The molecular formula is C12H18ClN. The predicted molar refractivity (Wildman–Crippen MR) is 62.4 cm³/mol. The zero-order valence-corrected chi connectivity index (χ0v) is 9.64. The summed E-state index contributed by atoms with van der Waals surface area (Å²) in [5.41, 5.74) is 8.45. The summed E-state index contributed by atoms with van der Waals surface area (Å²) in [5, 5.41) is 0. The Hall–Kier alpha value is -0.530. The van der Waals surface area contributed by atoms with Crippen molar-refractivity contribution in [2.24, 2.45) is 5.73 Å². The second-order valence-corrected chi connectivity index (χ2v) is 3.96. The standard InChI is InChI=1S/C12H18ClN/c1-3-12(14,4-2)11-7-5-10(9-13)6-8-11/h5-8H,3-4,9,14H2,1-2H3. The maximum Gasteiger partial charge on any atom is 0.0474 e. The molecule has 14 heavy (non-hydrogen) atoms. The fourth-order valence-corrected chi connectivity index (χ4v) is 1.76. The van der Waals surface area contributed by atoms with E-state index in [9.17, 15) is 0 Å². The molecule has 2 N–H and O–H groups in total. The van der Waals surface area contributed by atoms with Gasteiger partial charge in [0.05, 0.1) is 0 Å². The fourth-order valence-electron chi connectivity index (χ4n) is 1.58. The molecule has 0 atom stereocenters. The van der Waals surface area contributed by atoms with Crippen molar-refractivity contribution in [3.63, 3.8) is 0 Å². The molecule has 0 saturated carbocycles. The van der Waals surface area contributed by atoms with Crippen molar-refractivity contribution in [3.8, 4) is 0 Å². The van der Waals surface area contributed by atoms with Crippen LogP contribution in [0, 0.1) is 0 Å². The summed E-state index contributed by atoms with van der Waals surface area (Å²) >= 11 is 5.73. The molecule has 1 rings (SSSR count). The first-order valence-corrected chi connectivity index (χ1v) is 5.64. The van der Waals surface area contributed by atoms with Gasteiger partial charge in [0.1, 0.15) is 0 Å². The molecule has 1 nitrogen and oxygen atoms in total. The minimum atomic E-state index is -0.176. The normalized spacial score (nSPS) is 11.7.